The van der Waals surface area contributed by atoms with Gasteiger partial charge >= 0.3 is 0 Å². The highest BCUT2D eigenvalue weighted by atomic mass is 16.1. The topological polar surface area (TPSA) is 29.1 Å². The van der Waals surface area contributed by atoms with Crippen molar-refractivity contribution in [2.24, 2.45) is 11.8 Å². The number of carbonyl (C=O) groups is 1. The first-order valence-corrected chi connectivity index (χ1v) is 7.95. The molecule has 2 heteroatoms. The van der Waals surface area contributed by atoms with Gasteiger partial charge in [0.2, 0.25) is 0 Å². The average molecular weight is 281 g/mol. The molecule has 1 N–H and O–H groups in total. The van der Waals surface area contributed by atoms with Gasteiger partial charge in [-0.05, 0) is 41.2 Å². The molecule has 0 aliphatic heterocycles. The summed E-state index contributed by atoms with van der Waals surface area (Å²) in [6.45, 7) is 4.55. The van der Waals surface area contributed by atoms with Crippen molar-refractivity contribution in [3.05, 3.63) is 48.0 Å². The lowest BCUT2D eigenvalue weighted by Gasteiger charge is -2.34. The number of benzene rings is 2. The molecule has 0 aromatic heterocycles. The molecule has 1 aliphatic carbocycles. The monoisotopic (exact) mass is 281 g/mol. The lowest BCUT2D eigenvalue weighted by molar-refractivity contribution is 0.0891. The van der Waals surface area contributed by atoms with Crippen molar-refractivity contribution in [2.45, 2.75) is 39.2 Å². The van der Waals surface area contributed by atoms with E-state index >= 15 is 0 Å². The number of nitrogens with one attached hydrogen (secondary N) is 1. The minimum atomic E-state index is 0.0618. The summed E-state index contributed by atoms with van der Waals surface area (Å²) >= 11 is 0. The molecule has 1 saturated carbocycles. The second-order valence-corrected chi connectivity index (χ2v) is 6.41. The molecule has 21 heavy (non-hydrogen) atoms. The summed E-state index contributed by atoms with van der Waals surface area (Å²) in [4.78, 5) is 12.5. The molecule has 2 nitrogen and oxygen atoms in total. The maximum atomic E-state index is 12.5. The van der Waals surface area contributed by atoms with E-state index in [9.17, 15) is 4.79 Å². The molecule has 1 aliphatic rings. The standard InChI is InChI=1S/C19H23NO/c1-13-6-5-9-18(14(13)2)20-19(21)17-11-10-15-7-3-4-8-16(15)12-17/h3-4,7-8,10-14,18H,5-6,9H2,1-2H3,(H,20,21)/t13-,14-,18-/m1/s1. The van der Waals surface area contributed by atoms with Crippen molar-refractivity contribution < 1.29 is 4.79 Å². The third kappa shape index (κ3) is 2.94. The van der Waals surface area contributed by atoms with E-state index < -0.39 is 0 Å². The Kier molecular flexibility index (Phi) is 3.96. The highest BCUT2D eigenvalue weighted by molar-refractivity contribution is 5.98. The SMILES string of the molecule is C[C@@H]1[C@H](C)CCC[C@H]1NC(=O)c1ccc2ccccc2c1. The van der Waals surface area contributed by atoms with Crippen LogP contribution in [0.2, 0.25) is 0 Å². The fourth-order valence-corrected chi connectivity index (χ4v) is 3.37. The van der Waals surface area contributed by atoms with Crippen LogP contribution in [-0.2, 0) is 0 Å². The molecule has 2 aromatic rings. The van der Waals surface area contributed by atoms with E-state index in [0.29, 0.717) is 17.9 Å². The molecule has 0 heterocycles. The Morgan fingerprint density at radius 2 is 1.81 bits per heavy atom. The maximum absolute atomic E-state index is 12.5. The van der Waals surface area contributed by atoms with Crippen LogP contribution in [0.5, 0.6) is 0 Å². The van der Waals surface area contributed by atoms with Crippen LogP contribution in [0, 0.1) is 11.8 Å². The predicted molar refractivity (Wildman–Crippen MR) is 87.4 cm³/mol. The third-order valence-electron chi connectivity index (χ3n) is 5.03. The molecule has 0 saturated heterocycles. The summed E-state index contributed by atoms with van der Waals surface area (Å²) in [6.07, 6.45) is 3.60. The van der Waals surface area contributed by atoms with Gasteiger partial charge in [0.15, 0.2) is 0 Å². The first-order valence-electron chi connectivity index (χ1n) is 7.95. The number of amides is 1. The van der Waals surface area contributed by atoms with E-state index in [4.69, 9.17) is 0 Å². The van der Waals surface area contributed by atoms with Crippen molar-refractivity contribution in [1.29, 1.82) is 0 Å². The number of rotatable bonds is 2. The van der Waals surface area contributed by atoms with Gasteiger partial charge < -0.3 is 5.32 Å². The second-order valence-electron chi connectivity index (χ2n) is 6.41. The van der Waals surface area contributed by atoms with Gasteiger partial charge in [0.1, 0.15) is 0 Å². The fraction of sp³-hybridized carbons (Fsp3) is 0.421. The Bertz CT molecular complexity index is 649. The molecule has 1 amide bonds. The molecule has 110 valence electrons. The second kappa shape index (κ2) is 5.88. The minimum absolute atomic E-state index is 0.0618. The number of carbonyl (C=O) groups excluding carboxylic acids is 1. The predicted octanol–water partition coefficient (Wildman–Crippen LogP) is 4.39. The van der Waals surface area contributed by atoms with Crippen LogP contribution in [0.4, 0.5) is 0 Å². The largest absolute Gasteiger partial charge is 0.349 e. The zero-order valence-electron chi connectivity index (χ0n) is 12.8. The third-order valence-corrected chi connectivity index (χ3v) is 5.03. The summed E-state index contributed by atoms with van der Waals surface area (Å²) in [6, 6.07) is 14.4. The van der Waals surface area contributed by atoms with Crippen molar-refractivity contribution in [3.8, 4) is 0 Å². The molecule has 2 aromatic carbocycles. The smallest absolute Gasteiger partial charge is 0.251 e. The quantitative estimate of drug-likeness (QED) is 0.868. The van der Waals surface area contributed by atoms with Crippen molar-refractivity contribution in [1.82, 2.24) is 5.32 Å². The van der Waals surface area contributed by atoms with E-state index in [1.54, 1.807) is 0 Å². The average Bonchev–Trinajstić information content (AvgIpc) is 2.51. The molecule has 0 spiro atoms. The van der Waals surface area contributed by atoms with Crippen LogP contribution in [0.3, 0.4) is 0 Å². The fourth-order valence-electron chi connectivity index (χ4n) is 3.37. The molecular weight excluding hydrogens is 258 g/mol. The molecule has 0 bridgehead atoms. The maximum Gasteiger partial charge on any atom is 0.251 e. The van der Waals surface area contributed by atoms with E-state index in [1.165, 1.54) is 18.2 Å². The lowest BCUT2D eigenvalue weighted by Crippen LogP contribution is -2.43. The van der Waals surface area contributed by atoms with E-state index in [2.05, 4.69) is 31.3 Å². The Balaban J connectivity index is 1.77. The zero-order chi connectivity index (χ0) is 14.8. The van der Waals surface area contributed by atoms with Crippen molar-refractivity contribution >= 4 is 16.7 Å². The van der Waals surface area contributed by atoms with E-state index in [0.717, 1.165) is 17.4 Å². The Hall–Kier alpha value is -1.83. The van der Waals surface area contributed by atoms with Gasteiger partial charge in [0.05, 0.1) is 0 Å². The molecule has 3 rings (SSSR count). The van der Waals surface area contributed by atoms with Crippen molar-refractivity contribution in [3.63, 3.8) is 0 Å². The highest BCUT2D eigenvalue weighted by Gasteiger charge is 2.28. The molecule has 0 unspecified atom stereocenters. The summed E-state index contributed by atoms with van der Waals surface area (Å²) in [5.74, 6) is 1.32. The Morgan fingerprint density at radius 1 is 1.05 bits per heavy atom. The Morgan fingerprint density at radius 3 is 2.62 bits per heavy atom. The van der Waals surface area contributed by atoms with Gasteiger partial charge in [-0.1, -0.05) is 57.0 Å². The van der Waals surface area contributed by atoms with Crippen LogP contribution in [0.15, 0.2) is 42.5 Å². The summed E-state index contributed by atoms with van der Waals surface area (Å²) in [5, 5.41) is 5.54. The molecule has 3 atom stereocenters. The molecular formula is C19H23NO. The minimum Gasteiger partial charge on any atom is -0.349 e. The van der Waals surface area contributed by atoms with E-state index in [-0.39, 0.29) is 5.91 Å². The summed E-state index contributed by atoms with van der Waals surface area (Å²) < 4.78 is 0. The van der Waals surface area contributed by atoms with Gasteiger partial charge in [-0.25, -0.2) is 0 Å². The van der Waals surface area contributed by atoms with Crippen LogP contribution in [0.1, 0.15) is 43.5 Å². The number of hydrogen-bond donors (Lipinski definition) is 1. The highest BCUT2D eigenvalue weighted by Crippen LogP contribution is 2.29. The Labute approximate surface area is 126 Å². The van der Waals surface area contributed by atoms with Crippen LogP contribution in [-0.4, -0.2) is 11.9 Å². The summed E-state index contributed by atoms with van der Waals surface area (Å²) in [5.41, 5.74) is 0.763. The van der Waals surface area contributed by atoms with Gasteiger partial charge in [-0.2, -0.15) is 0 Å². The van der Waals surface area contributed by atoms with Crippen LogP contribution in [0.25, 0.3) is 10.8 Å². The summed E-state index contributed by atoms with van der Waals surface area (Å²) in [7, 11) is 0. The van der Waals surface area contributed by atoms with Crippen LogP contribution < -0.4 is 5.32 Å². The first-order chi connectivity index (χ1) is 10.1. The van der Waals surface area contributed by atoms with Gasteiger partial charge in [0.25, 0.3) is 5.91 Å². The number of hydrogen-bond acceptors (Lipinski definition) is 1. The van der Waals surface area contributed by atoms with E-state index in [1.807, 2.05) is 30.3 Å². The molecule has 1 fully saturated rings. The number of fused-ring (bicyclic) bond motifs is 1. The van der Waals surface area contributed by atoms with Crippen LogP contribution >= 0.6 is 0 Å². The molecule has 0 radical (unpaired) electrons. The normalized spacial score (nSPS) is 25.7. The zero-order valence-corrected chi connectivity index (χ0v) is 12.8. The first kappa shape index (κ1) is 14.1. The van der Waals surface area contributed by atoms with Crippen molar-refractivity contribution in [2.75, 3.05) is 0 Å². The van der Waals surface area contributed by atoms with Gasteiger partial charge in [-0.15, -0.1) is 0 Å². The van der Waals surface area contributed by atoms with Gasteiger partial charge in [-0.3, -0.25) is 4.79 Å². The van der Waals surface area contributed by atoms with Gasteiger partial charge in [0, 0.05) is 11.6 Å². The lowest BCUT2D eigenvalue weighted by atomic mass is 9.78.